The van der Waals surface area contributed by atoms with E-state index in [1.165, 1.54) is 23.7 Å². The molecule has 2 atom stereocenters. The molecule has 3 rings (SSSR count). The van der Waals surface area contributed by atoms with Gasteiger partial charge in [-0.3, -0.25) is 14.2 Å². The van der Waals surface area contributed by atoms with Gasteiger partial charge in [-0.05, 0) is 38.1 Å². The quantitative estimate of drug-likeness (QED) is 0.732. The van der Waals surface area contributed by atoms with Gasteiger partial charge in [0.1, 0.15) is 18.2 Å². The van der Waals surface area contributed by atoms with Crippen LogP contribution in [0.3, 0.4) is 0 Å². The molecule has 30 heavy (non-hydrogen) atoms. The highest BCUT2D eigenvalue weighted by Gasteiger charge is 2.36. The molecule has 0 bridgehead atoms. The van der Waals surface area contributed by atoms with Crippen molar-refractivity contribution < 1.29 is 18.3 Å². The van der Waals surface area contributed by atoms with Crippen LogP contribution >= 0.6 is 11.6 Å². The fourth-order valence-electron chi connectivity index (χ4n) is 3.34. The molecular weight excluding hydrogens is 414 g/mol. The molecule has 1 aromatic heterocycles. The minimum Gasteiger partial charge on any atom is -0.483 e. The van der Waals surface area contributed by atoms with Crippen LogP contribution in [0.5, 0.6) is 5.75 Å². The number of carbonyl (C=O) groups is 1. The van der Waals surface area contributed by atoms with E-state index in [1.807, 2.05) is 0 Å². The van der Waals surface area contributed by atoms with E-state index in [-0.39, 0.29) is 23.8 Å². The van der Waals surface area contributed by atoms with Crippen molar-refractivity contribution in [2.75, 3.05) is 7.05 Å². The maximum Gasteiger partial charge on any atom is 0.293 e. The van der Waals surface area contributed by atoms with E-state index in [0.717, 1.165) is 12.1 Å². The molecule has 0 saturated heterocycles. The first-order valence-electron chi connectivity index (χ1n) is 9.24. The van der Waals surface area contributed by atoms with Gasteiger partial charge in [-0.1, -0.05) is 18.2 Å². The van der Waals surface area contributed by atoms with Crippen molar-refractivity contribution in [3.05, 3.63) is 87.4 Å². The SMILES string of the molecule is CNC(=O)C1=CC(Cl)C(C)(n2c(C)ccc(OCc3ccc(F)cc3F)c2=O)C=C1. The molecule has 1 N–H and O–H groups in total. The number of hydrogen-bond donors (Lipinski definition) is 1. The predicted molar refractivity (Wildman–Crippen MR) is 111 cm³/mol. The lowest BCUT2D eigenvalue weighted by molar-refractivity contribution is -0.116. The van der Waals surface area contributed by atoms with Crippen molar-refractivity contribution in [3.63, 3.8) is 0 Å². The van der Waals surface area contributed by atoms with E-state index in [0.29, 0.717) is 11.3 Å². The highest BCUT2D eigenvalue weighted by Crippen LogP contribution is 2.33. The van der Waals surface area contributed by atoms with E-state index in [9.17, 15) is 18.4 Å². The summed E-state index contributed by atoms with van der Waals surface area (Å²) < 4.78 is 34.0. The highest BCUT2D eigenvalue weighted by atomic mass is 35.5. The largest absolute Gasteiger partial charge is 0.483 e. The van der Waals surface area contributed by atoms with Gasteiger partial charge in [-0.2, -0.15) is 0 Å². The molecule has 1 heterocycles. The first-order valence-corrected chi connectivity index (χ1v) is 9.68. The first-order chi connectivity index (χ1) is 14.2. The van der Waals surface area contributed by atoms with Crippen LogP contribution in [0.1, 0.15) is 18.2 Å². The third kappa shape index (κ3) is 4.03. The van der Waals surface area contributed by atoms with Gasteiger partial charge in [0.2, 0.25) is 0 Å². The summed E-state index contributed by atoms with van der Waals surface area (Å²) in [5.74, 6) is -1.72. The Bertz CT molecular complexity index is 1110. The molecule has 1 amide bonds. The van der Waals surface area contributed by atoms with Crippen LogP contribution in [-0.2, 0) is 16.9 Å². The maximum atomic E-state index is 13.9. The third-order valence-corrected chi connectivity index (χ3v) is 5.66. The van der Waals surface area contributed by atoms with Gasteiger partial charge in [0.05, 0.1) is 10.9 Å². The molecule has 1 aliphatic rings. The number of aromatic nitrogens is 1. The molecular formula is C22H21ClF2N2O3. The number of hydrogen-bond acceptors (Lipinski definition) is 3. The minimum atomic E-state index is -0.958. The number of amides is 1. The molecule has 2 aromatic rings. The molecule has 0 saturated carbocycles. The van der Waals surface area contributed by atoms with Crippen molar-refractivity contribution in [2.45, 2.75) is 31.4 Å². The standard InChI is InChI=1S/C22H21ClF2N2O3/c1-13-4-7-18(30-12-15-5-6-16(24)11-17(15)25)21(29)27(13)22(2)9-8-14(10-19(22)23)20(28)26-3/h4-11,19H,12H2,1-3H3,(H,26,28). The van der Waals surface area contributed by atoms with Crippen molar-refractivity contribution in [1.29, 1.82) is 0 Å². The van der Waals surface area contributed by atoms with E-state index in [2.05, 4.69) is 5.32 Å². The van der Waals surface area contributed by atoms with E-state index in [1.54, 1.807) is 38.1 Å². The van der Waals surface area contributed by atoms with Crippen LogP contribution < -0.4 is 15.6 Å². The van der Waals surface area contributed by atoms with Gasteiger partial charge in [-0.25, -0.2) is 8.78 Å². The Morgan fingerprint density at radius 2 is 2.03 bits per heavy atom. The smallest absolute Gasteiger partial charge is 0.293 e. The summed E-state index contributed by atoms with van der Waals surface area (Å²) in [7, 11) is 1.52. The first kappa shape index (κ1) is 21.8. The fourth-order valence-corrected chi connectivity index (χ4v) is 3.65. The normalized spacial score (nSPS) is 20.6. The summed E-state index contributed by atoms with van der Waals surface area (Å²) in [4.78, 5) is 25.0. The summed E-state index contributed by atoms with van der Waals surface area (Å²) in [6.45, 7) is 3.30. The molecule has 1 aliphatic carbocycles. The molecule has 0 fully saturated rings. The number of allylic oxidation sites excluding steroid dienone is 2. The average molecular weight is 435 g/mol. The maximum absolute atomic E-state index is 13.9. The van der Waals surface area contributed by atoms with E-state index >= 15 is 0 Å². The number of aryl methyl sites for hydroxylation is 1. The predicted octanol–water partition coefficient (Wildman–Crippen LogP) is 3.58. The Hall–Kier alpha value is -2.93. The second-order valence-electron chi connectivity index (χ2n) is 7.17. The van der Waals surface area contributed by atoms with Crippen LogP contribution in [0.15, 0.2) is 58.9 Å². The second-order valence-corrected chi connectivity index (χ2v) is 7.64. The summed E-state index contributed by atoms with van der Waals surface area (Å²) >= 11 is 6.57. The van der Waals surface area contributed by atoms with Crippen LogP contribution in [0.4, 0.5) is 8.78 Å². The van der Waals surface area contributed by atoms with E-state index < -0.39 is 28.1 Å². The number of likely N-dealkylation sites (N-methyl/N-ethyl adjacent to an activating group) is 1. The lowest BCUT2D eigenvalue weighted by atomic mass is 9.88. The summed E-state index contributed by atoms with van der Waals surface area (Å²) in [6.07, 6.45) is 4.91. The van der Waals surface area contributed by atoms with Crippen LogP contribution in [0, 0.1) is 18.6 Å². The van der Waals surface area contributed by atoms with Crippen LogP contribution in [0.2, 0.25) is 0 Å². The molecule has 2 unspecified atom stereocenters. The fraction of sp³-hybridized carbons (Fsp3) is 0.273. The Balaban J connectivity index is 1.93. The Morgan fingerprint density at radius 3 is 2.67 bits per heavy atom. The lowest BCUT2D eigenvalue weighted by Crippen LogP contribution is -2.46. The van der Waals surface area contributed by atoms with Crippen molar-refractivity contribution >= 4 is 17.5 Å². The molecule has 158 valence electrons. The van der Waals surface area contributed by atoms with Gasteiger partial charge in [0, 0.05) is 29.9 Å². The zero-order valence-corrected chi connectivity index (χ0v) is 17.5. The topological polar surface area (TPSA) is 60.3 Å². The number of nitrogens with zero attached hydrogens (tertiary/aromatic N) is 1. The number of ether oxygens (including phenoxy) is 1. The van der Waals surface area contributed by atoms with Crippen LogP contribution in [-0.4, -0.2) is 22.9 Å². The molecule has 0 radical (unpaired) electrons. The highest BCUT2D eigenvalue weighted by molar-refractivity contribution is 6.23. The summed E-state index contributed by atoms with van der Waals surface area (Å²) in [5, 5.41) is 1.85. The molecule has 5 nitrogen and oxygen atoms in total. The van der Waals surface area contributed by atoms with Crippen LogP contribution in [0.25, 0.3) is 0 Å². The summed E-state index contributed by atoms with van der Waals surface area (Å²) in [5.41, 5.74) is -0.247. The molecule has 8 heteroatoms. The monoisotopic (exact) mass is 434 g/mol. The number of alkyl halides is 1. The van der Waals surface area contributed by atoms with E-state index in [4.69, 9.17) is 16.3 Å². The van der Waals surface area contributed by atoms with Gasteiger partial charge in [0.15, 0.2) is 5.75 Å². The summed E-state index contributed by atoms with van der Waals surface area (Å²) in [6, 6.07) is 6.34. The van der Waals surface area contributed by atoms with Crippen molar-refractivity contribution in [1.82, 2.24) is 9.88 Å². The second kappa shape index (κ2) is 8.44. The van der Waals surface area contributed by atoms with Gasteiger partial charge in [0.25, 0.3) is 11.5 Å². The zero-order chi connectivity index (χ0) is 22.1. The average Bonchev–Trinajstić information content (AvgIpc) is 2.70. The number of pyridine rings is 1. The minimum absolute atomic E-state index is 0.00361. The van der Waals surface area contributed by atoms with Crippen molar-refractivity contribution in [2.24, 2.45) is 0 Å². The number of nitrogens with one attached hydrogen (secondary N) is 1. The Kier molecular flexibility index (Phi) is 6.12. The molecule has 1 aromatic carbocycles. The number of rotatable bonds is 5. The van der Waals surface area contributed by atoms with Gasteiger partial charge in [-0.15, -0.1) is 11.6 Å². The lowest BCUT2D eigenvalue weighted by Gasteiger charge is -2.36. The molecule has 0 spiro atoms. The Labute approximate surface area is 177 Å². The van der Waals surface area contributed by atoms with Gasteiger partial charge >= 0.3 is 0 Å². The zero-order valence-electron chi connectivity index (χ0n) is 16.7. The van der Waals surface area contributed by atoms with Gasteiger partial charge < -0.3 is 10.1 Å². The number of halogens is 3. The van der Waals surface area contributed by atoms with Crippen molar-refractivity contribution in [3.8, 4) is 5.75 Å². The number of benzene rings is 1. The Morgan fingerprint density at radius 1 is 1.30 bits per heavy atom. The third-order valence-electron chi connectivity index (χ3n) is 5.10. The molecule has 0 aliphatic heterocycles. The number of carbonyl (C=O) groups excluding carboxylic acids is 1.